The SMILES string of the molecule is COc1cc(OC(C)C)cc(C2CCNCC2)c1. The van der Waals surface area contributed by atoms with E-state index in [2.05, 4.69) is 17.4 Å². The van der Waals surface area contributed by atoms with Crippen molar-refractivity contribution in [1.29, 1.82) is 0 Å². The van der Waals surface area contributed by atoms with Crippen LogP contribution in [0.2, 0.25) is 0 Å². The maximum atomic E-state index is 5.79. The second-order valence-electron chi connectivity index (χ2n) is 5.13. The smallest absolute Gasteiger partial charge is 0.123 e. The van der Waals surface area contributed by atoms with Gasteiger partial charge in [-0.3, -0.25) is 0 Å². The highest BCUT2D eigenvalue weighted by atomic mass is 16.5. The number of nitrogens with one attached hydrogen (secondary N) is 1. The number of methoxy groups -OCH3 is 1. The van der Waals surface area contributed by atoms with Crippen molar-refractivity contribution in [2.45, 2.75) is 38.7 Å². The molecule has 1 N–H and O–H groups in total. The first-order valence-corrected chi connectivity index (χ1v) is 6.75. The van der Waals surface area contributed by atoms with E-state index < -0.39 is 0 Å². The van der Waals surface area contributed by atoms with Gasteiger partial charge >= 0.3 is 0 Å². The van der Waals surface area contributed by atoms with Gasteiger partial charge in [0.15, 0.2) is 0 Å². The molecule has 100 valence electrons. The van der Waals surface area contributed by atoms with E-state index in [1.807, 2.05) is 19.9 Å². The zero-order valence-electron chi connectivity index (χ0n) is 11.5. The van der Waals surface area contributed by atoms with Gasteiger partial charge in [-0.15, -0.1) is 0 Å². The minimum absolute atomic E-state index is 0.193. The average Bonchev–Trinajstić information content (AvgIpc) is 2.38. The lowest BCUT2D eigenvalue weighted by atomic mass is 9.90. The van der Waals surface area contributed by atoms with Gasteiger partial charge in [-0.05, 0) is 63.4 Å². The predicted molar refractivity (Wildman–Crippen MR) is 73.6 cm³/mol. The average molecular weight is 249 g/mol. The summed E-state index contributed by atoms with van der Waals surface area (Å²) in [6.07, 6.45) is 2.57. The molecule has 1 aliphatic rings. The van der Waals surface area contributed by atoms with Gasteiger partial charge in [-0.1, -0.05) is 0 Å². The summed E-state index contributed by atoms with van der Waals surface area (Å²) in [5.74, 6) is 2.43. The van der Waals surface area contributed by atoms with Gasteiger partial charge in [0.2, 0.25) is 0 Å². The Balaban J connectivity index is 2.22. The van der Waals surface area contributed by atoms with Crippen molar-refractivity contribution >= 4 is 0 Å². The van der Waals surface area contributed by atoms with Crippen LogP contribution in [-0.2, 0) is 0 Å². The molecule has 0 aliphatic carbocycles. The molecule has 0 bridgehead atoms. The first-order chi connectivity index (χ1) is 8.69. The Bertz CT molecular complexity index is 384. The molecule has 3 nitrogen and oxygen atoms in total. The summed E-state index contributed by atoms with van der Waals surface area (Å²) in [6.45, 7) is 6.29. The Morgan fingerprint density at radius 2 is 1.78 bits per heavy atom. The molecule has 1 fully saturated rings. The molecule has 1 aromatic rings. The summed E-state index contributed by atoms with van der Waals surface area (Å²) < 4.78 is 11.2. The van der Waals surface area contributed by atoms with E-state index in [0.717, 1.165) is 24.6 Å². The lowest BCUT2D eigenvalue weighted by Crippen LogP contribution is -2.26. The van der Waals surface area contributed by atoms with Crippen molar-refractivity contribution < 1.29 is 9.47 Å². The Morgan fingerprint density at radius 1 is 1.11 bits per heavy atom. The second-order valence-corrected chi connectivity index (χ2v) is 5.13. The van der Waals surface area contributed by atoms with Crippen LogP contribution < -0.4 is 14.8 Å². The molecule has 18 heavy (non-hydrogen) atoms. The van der Waals surface area contributed by atoms with Gasteiger partial charge < -0.3 is 14.8 Å². The lowest BCUT2D eigenvalue weighted by Gasteiger charge is -2.24. The molecular formula is C15H23NO2. The number of hydrogen-bond acceptors (Lipinski definition) is 3. The van der Waals surface area contributed by atoms with Crippen LogP contribution >= 0.6 is 0 Å². The molecule has 0 unspecified atom stereocenters. The van der Waals surface area contributed by atoms with Crippen LogP contribution in [0.15, 0.2) is 18.2 Å². The first-order valence-electron chi connectivity index (χ1n) is 6.75. The zero-order valence-corrected chi connectivity index (χ0v) is 11.5. The van der Waals surface area contributed by atoms with Crippen LogP contribution in [0.25, 0.3) is 0 Å². The van der Waals surface area contributed by atoms with Crippen LogP contribution in [0.3, 0.4) is 0 Å². The minimum atomic E-state index is 0.193. The van der Waals surface area contributed by atoms with Gasteiger partial charge in [0.1, 0.15) is 11.5 Å². The van der Waals surface area contributed by atoms with Gasteiger partial charge in [-0.25, -0.2) is 0 Å². The van der Waals surface area contributed by atoms with Crippen LogP contribution in [0, 0.1) is 0 Å². The molecule has 1 aliphatic heterocycles. The molecule has 0 amide bonds. The first kappa shape index (κ1) is 13.2. The molecule has 0 radical (unpaired) electrons. The van der Waals surface area contributed by atoms with Gasteiger partial charge in [0.05, 0.1) is 13.2 Å². The highest BCUT2D eigenvalue weighted by molar-refractivity contribution is 5.40. The van der Waals surface area contributed by atoms with Crippen molar-refractivity contribution in [3.8, 4) is 11.5 Å². The second kappa shape index (κ2) is 6.10. The maximum absolute atomic E-state index is 5.79. The van der Waals surface area contributed by atoms with Crippen molar-refractivity contribution in [3.63, 3.8) is 0 Å². The molecule has 0 atom stereocenters. The number of ether oxygens (including phenoxy) is 2. The maximum Gasteiger partial charge on any atom is 0.123 e. The lowest BCUT2D eigenvalue weighted by molar-refractivity contribution is 0.240. The van der Waals surface area contributed by atoms with E-state index in [1.165, 1.54) is 18.4 Å². The Hall–Kier alpha value is -1.22. The predicted octanol–water partition coefficient (Wildman–Crippen LogP) is 2.95. The molecule has 0 aromatic heterocycles. The van der Waals surface area contributed by atoms with E-state index in [0.29, 0.717) is 5.92 Å². The van der Waals surface area contributed by atoms with E-state index in [-0.39, 0.29) is 6.10 Å². The molecular weight excluding hydrogens is 226 g/mol. The van der Waals surface area contributed by atoms with Crippen LogP contribution in [0.5, 0.6) is 11.5 Å². The summed E-state index contributed by atoms with van der Waals surface area (Å²) in [7, 11) is 1.71. The van der Waals surface area contributed by atoms with Crippen LogP contribution in [0.4, 0.5) is 0 Å². The number of rotatable bonds is 4. The molecule has 3 heteroatoms. The van der Waals surface area contributed by atoms with Crippen molar-refractivity contribution in [2.75, 3.05) is 20.2 Å². The van der Waals surface area contributed by atoms with Crippen molar-refractivity contribution in [3.05, 3.63) is 23.8 Å². The standard InChI is InChI=1S/C15H23NO2/c1-11(2)18-15-9-13(8-14(10-15)17-3)12-4-6-16-7-5-12/h8-12,16H,4-7H2,1-3H3. The fourth-order valence-electron chi connectivity index (χ4n) is 2.44. The van der Waals surface area contributed by atoms with Gasteiger partial charge in [0, 0.05) is 6.07 Å². The highest BCUT2D eigenvalue weighted by Crippen LogP contribution is 2.32. The largest absolute Gasteiger partial charge is 0.497 e. The van der Waals surface area contributed by atoms with E-state index in [1.54, 1.807) is 7.11 Å². The Kier molecular flexibility index (Phi) is 4.48. The quantitative estimate of drug-likeness (QED) is 0.890. The number of hydrogen-bond donors (Lipinski definition) is 1. The summed E-state index contributed by atoms with van der Waals surface area (Å²) >= 11 is 0. The third-order valence-corrected chi connectivity index (χ3v) is 3.32. The minimum Gasteiger partial charge on any atom is -0.497 e. The summed E-state index contributed by atoms with van der Waals surface area (Å²) in [4.78, 5) is 0. The van der Waals surface area contributed by atoms with Crippen molar-refractivity contribution in [2.24, 2.45) is 0 Å². The van der Waals surface area contributed by atoms with Crippen LogP contribution in [0.1, 0.15) is 38.2 Å². The molecule has 1 aromatic carbocycles. The van der Waals surface area contributed by atoms with E-state index in [9.17, 15) is 0 Å². The summed E-state index contributed by atoms with van der Waals surface area (Å²) in [5, 5.41) is 3.40. The summed E-state index contributed by atoms with van der Waals surface area (Å²) in [5.41, 5.74) is 1.34. The summed E-state index contributed by atoms with van der Waals surface area (Å²) in [6, 6.07) is 6.27. The number of piperidine rings is 1. The topological polar surface area (TPSA) is 30.5 Å². The fourth-order valence-corrected chi connectivity index (χ4v) is 2.44. The van der Waals surface area contributed by atoms with E-state index in [4.69, 9.17) is 9.47 Å². The monoisotopic (exact) mass is 249 g/mol. The van der Waals surface area contributed by atoms with Gasteiger partial charge in [-0.2, -0.15) is 0 Å². The number of benzene rings is 1. The molecule has 2 rings (SSSR count). The fraction of sp³-hybridized carbons (Fsp3) is 0.600. The zero-order chi connectivity index (χ0) is 13.0. The van der Waals surface area contributed by atoms with Crippen molar-refractivity contribution in [1.82, 2.24) is 5.32 Å². The van der Waals surface area contributed by atoms with E-state index >= 15 is 0 Å². The molecule has 1 saturated heterocycles. The third-order valence-electron chi connectivity index (χ3n) is 3.32. The molecule has 1 heterocycles. The van der Waals surface area contributed by atoms with Gasteiger partial charge in [0.25, 0.3) is 0 Å². The molecule has 0 saturated carbocycles. The Labute approximate surface area is 109 Å². The molecule has 0 spiro atoms. The van der Waals surface area contributed by atoms with Crippen LogP contribution in [-0.4, -0.2) is 26.3 Å². The Morgan fingerprint density at radius 3 is 2.39 bits per heavy atom. The highest BCUT2D eigenvalue weighted by Gasteiger charge is 2.17. The normalized spacial score (nSPS) is 16.9. The third kappa shape index (κ3) is 3.39.